The molecule has 0 unspecified atom stereocenters. The molecular formula is C12H13N3O. The van der Waals surface area contributed by atoms with Crippen LogP contribution in [0, 0.1) is 5.21 Å². The van der Waals surface area contributed by atoms with Gasteiger partial charge in [0, 0.05) is 11.2 Å². The summed E-state index contributed by atoms with van der Waals surface area (Å²) in [6, 6.07) is 1.96. The summed E-state index contributed by atoms with van der Waals surface area (Å²) < 4.78 is 0. The number of nitrogens with zero attached hydrogens (tertiary/aromatic N) is 3. The molecule has 1 heterocycles. The van der Waals surface area contributed by atoms with Crippen LogP contribution in [0.1, 0.15) is 30.0 Å². The molecule has 0 fully saturated rings. The number of hydrogen-bond acceptors (Lipinski definition) is 3. The van der Waals surface area contributed by atoms with Crippen molar-refractivity contribution in [3.8, 4) is 0 Å². The van der Waals surface area contributed by atoms with Gasteiger partial charge in [-0.2, -0.15) is 0 Å². The van der Waals surface area contributed by atoms with Crippen LogP contribution < -0.4 is 4.85 Å². The number of hydrogen-bond donors (Lipinski definition) is 0. The fourth-order valence-electron chi connectivity index (χ4n) is 2.67. The molecule has 4 nitrogen and oxygen atoms in total. The Kier molecular flexibility index (Phi) is 2.02. The number of aromatic nitrogens is 3. The largest absolute Gasteiger partial charge is 0.594 e. The molecule has 0 aliphatic heterocycles. The molecule has 0 radical (unpaired) electrons. The Hall–Kier alpha value is -1.71. The highest BCUT2D eigenvalue weighted by Gasteiger charge is 2.21. The molecule has 1 aromatic carbocycles. The van der Waals surface area contributed by atoms with E-state index in [0.29, 0.717) is 10.4 Å². The minimum atomic E-state index is 0.611. The SMILES string of the molecule is CCc1c2c(cc3c1ncn[n+]3[O-])CCC2. The zero-order chi connectivity index (χ0) is 11.1. The predicted octanol–water partition coefficient (Wildman–Crippen LogP) is 1.31. The average Bonchev–Trinajstić information content (AvgIpc) is 2.75. The van der Waals surface area contributed by atoms with Crippen LogP contribution >= 0.6 is 0 Å². The van der Waals surface area contributed by atoms with Crippen LogP contribution in [0.3, 0.4) is 0 Å². The standard InChI is InChI=1S/C12H13N3O/c1-2-9-10-5-3-4-8(10)6-11-12(9)13-7-14-15(11)16/h6-7H,2-5H2,1H3. The lowest BCUT2D eigenvalue weighted by atomic mass is 9.99. The van der Waals surface area contributed by atoms with Gasteiger partial charge in [-0.3, -0.25) is 0 Å². The van der Waals surface area contributed by atoms with E-state index in [0.717, 1.165) is 24.8 Å². The Morgan fingerprint density at radius 3 is 3.12 bits per heavy atom. The van der Waals surface area contributed by atoms with Crippen LogP contribution in [0.4, 0.5) is 0 Å². The Morgan fingerprint density at radius 1 is 1.44 bits per heavy atom. The Bertz CT molecular complexity index is 566. The first-order valence-electron chi connectivity index (χ1n) is 5.69. The summed E-state index contributed by atoms with van der Waals surface area (Å²) in [5.41, 5.74) is 5.39. The van der Waals surface area contributed by atoms with E-state index in [-0.39, 0.29) is 0 Å². The summed E-state index contributed by atoms with van der Waals surface area (Å²) in [6.07, 6.45) is 5.65. The highest BCUT2D eigenvalue weighted by Crippen LogP contribution is 2.30. The molecule has 1 aromatic heterocycles. The van der Waals surface area contributed by atoms with Crippen molar-refractivity contribution in [1.82, 2.24) is 10.1 Å². The van der Waals surface area contributed by atoms with Crippen molar-refractivity contribution in [2.45, 2.75) is 32.6 Å². The van der Waals surface area contributed by atoms with Crippen molar-refractivity contribution in [1.29, 1.82) is 0 Å². The van der Waals surface area contributed by atoms with Crippen LogP contribution in [0.15, 0.2) is 12.4 Å². The molecule has 0 atom stereocenters. The monoisotopic (exact) mass is 215 g/mol. The first kappa shape index (κ1) is 9.51. The van der Waals surface area contributed by atoms with Crippen LogP contribution in [0.2, 0.25) is 0 Å². The molecule has 0 N–H and O–H groups in total. The third-order valence-electron chi connectivity index (χ3n) is 3.37. The maximum Gasteiger partial charge on any atom is 0.271 e. The summed E-state index contributed by atoms with van der Waals surface area (Å²) in [7, 11) is 0. The second kappa shape index (κ2) is 3.40. The molecule has 16 heavy (non-hydrogen) atoms. The van der Waals surface area contributed by atoms with E-state index in [2.05, 4.69) is 17.0 Å². The van der Waals surface area contributed by atoms with Gasteiger partial charge in [0.15, 0.2) is 6.33 Å². The lowest BCUT2D eigenvalue weighted by molar-refractivity contribution is -0.643. The quantitative estimate of drug-likeness (QED) is 0.532. The molecule has 0 amide bonds. The topological polar surface area (TPSA) is 52.7 Å². The van der Waals surface area contributed by atoms with Crippen LogP contribution in [-0.4, -0.2) is 10.1 Å². The van der Waals surface area contributed by atoms with Crippen molar-refractivity contribution >= 4 is 11.0 Å². The molecule has 1 aliphatic rings. The fraction of sp³-hybridized carbons (Fsp3) is 0.417. The summed E-state index contributed by atoms with van der Waals surface area (Å²) >= 11 is 0. The third-order valence-corrected chi connectivity index (χ3v) is 3.37. The molecule has 3 rings (SSSR count). The van der Waals surface area contributed by atoms with Crippen molar-refractivity contribution in [3.05, 3.63) is 34.3 Å². The van der Waals surface area contributed by atoms with Gasteiger partial charge in [-0.05, 0) is 47.2 Å². The predicted molar refractivity (Wildman–Crippen MR) is 59.9 cm³/mol. The average molecular weight is 215 g/mol. The molecule has 0 spiro atoms. The van der Waals surface area contributed by atoms with Crippen molar-refractivity contribution in [2.75, 3.05) is 0 Å². The number of fused-ring (bicyclic) bond motifs is 2. The van der Waals surface area contributed by atoms with Gasteiger partial charge in [-0.15, -0.1) is 0 Å². The normalized spacial score (nSPS) is 14.3. The Labute approximate surface area is 93.5 Å². The van der Waals surface area contributed by atoms with Crippen molar-refractivity contribution < 1.29 is 4.85 Å². The van der Waals surface area contributed by atoms with Gasteiger partial charge in [-0.25, -0.2) is 4.98 Å². The molecule has 0 bridgehead atoms. The summed E-state index contributed by atoms with van der Waals surface area (Å²) in [5, 5.41) is 15.3. The molecule has 82 valence electrons. The van der Waals surface area contributed by atoms with Gasteiger partial charge in [0.05, 0.1) is 0 Å². The van der Waals surface area contributed by atoms with Crippen molar-refractivity contribution in [2.24, 2.45) is 0 Å². The highest BCUT2D eigenvalue weighted by atomic mass is 16.5. The van der Waals surface area contributed by atoms with Crippen LogP contribution in [-0.2, 0) is 19.3 Å². The van der Waals surface area contributed by atoms with Gasteiger partial charge in [-0.1, -0.05) is 6.92 Å². The van der Waals surface area contributed by atoms with E-state index in [4.69, 9.17) is 0 Å². The minimum Gasteiger partial charge on any atom is -0.594 e. The van der Waals surface area contributed by atoms with E-state index < -0.39 is 0 Å². The summed E-state index contributed by atoms with van der Waals surface area (Å²) in [6.45, 7) is 2.12. The maximum atomic E-state index is 11.6. The highest BCUT2D eigenvalue weighted by molar-refractivity contribution is 5.78. The first-order chi connectivity index (χ1) is 7.81. The molecule has 0 saturated carbocycles. The summed E-state index contributed by atoms with van der Waals surface area (Å²) in [4.78, 5) is 4.94. The molecule has 2 aromatic rings. The van der Waals surface area contributed by atoms with Crippen molar-refractivity contribution in [3.63, 3.8) is 0 Å². The lowest BCUT2D eigenvalue weighted by Crippen LogP contribution is -2.32. The van der Waals surface area contributed by atoms with E-state index >= 15 is 0 Å². The fourth-order valence-corrected chi connectivity index (χ4v) is 2.67. The molecule has 0 saturated heterocycles. The van der Waals surface area contributed by atoms with E-state index in [1.165, 1.54) is 29.4 Å². The summed E-state index contributed by atoms with van der Waals surface area (Å²) in [5.74, 6) is 0. The van der Waals surface area contributed by atoms with E-state index in [1.54, 1.807) is 0 Å². The minimum absolute atomic E-state index is 0.611. The molecular weight excluding hydrogens is 202 g/mol. The smallest absolute Gasteiger partial charge is 0.271 e. The Morgan fingerprint density at radius 2 is 2.31 bits per heavy atom. The van der Waals surface area contributed by atoms with E-state index in [9.17, 15) is 5.21 Å². The maximum absolute atomic E-state index is 11.6. The first-order valence-corrected chi connectivity index (χ1v) is 5.69. The van der Waals surface area contributed by atoms with Crippen LogP contribution in [0.25, 0.3) is 11.0 Å². The van der Waals surface area contributed by atoms with Gasteiger partial charge >= 0.3 is 0 Å². The lowest BCUT2D eigenvalue weighted by Gasteiger charge is -2.08. The second-order valence-electron chi connectivity index (χ2n) is 4.20. The van der Waals surface area contributed by atoms with Crippen LogP contribution in [0.5, 0.6) is 0 Å². The number of rotatable bonds is 1. The number of benzene rings is 1. The third kappa shape index (κ3) is 1.19. The van der Waals surface area contributed by atoms with Gasteiger partial charge < -0.3 is 5.21 Å². The van der Waals surface area contributed by atoms with Gasteiger partial charge in [0.1, 0.15) is 5.52 Å². The second-order valence-corrected chi connectivity index (χ2v) is 4.20. The van der Waals surface area contributed by atoms with Gasteiger partial charge in [0.2, 0.25) is 0 Å². The zero-order valence-corrected chi connectivity index (χ0v) is 9.23. The van der Waals surface area contributed by atoms with E-state index in [1.807, 2.05) is 6.07 Å². The Balaban J connectivity index is 2.44. The zero-order valence-electron chi connectivity index (χ0n) is 9.23. The van der Waals surface area contributed by atoms with Gasteiger partial charge in [0.25, 0.3) is 5.52 Å². The molecule has 1 aliphatic carbocycles. The number of aryl methyl sites for hydroxylation is 2. The molecule has 4 heteroatoms.